The Morgan fingerprint density at radius 1 is 1.35 bits per heavy atom. The second-order valence-electron chi connectivity index (χ2n) is 8.32. The quantitative estimate of drug-likeness (QED) is 0.547. The minimum absolute atomic E-state index is 0.215. The van der Waals surface area contributed by atoms with Crippen molar-refractivity contribution in [2.45, 2.75) is 71.9 Å². The van der Waals surface area contributed by atoms with Gasteiger partial charge in [0.1, 0.15) is 6.10 Å². The molecule has 1 saturated heterocycles. The zero-order chi connectivity index (χ0) is 22.8. The van der Waals surface area contributed by atoms with Crippen molar-refractivity contribution in [1.29, 1.82) is 0 Å². The van der Waals surface area contributed by atoms with E-state index in [2.05, 4.69) is 4.98 Å². The smallest absolute Gasteiger partial charge is 0.332 e. The molecule has 0 bridgehead atoms. The third kappa shape index (κ3) is 4.90. The molecule has 0 radical (unpaired) electrons. The SMILES string of the molecule is CCOC(=O)C(CC)CCCn1c(=O)c2c(ncn2CC2COC(C)(C)O2)n(C)c1=O. The fraction of sp³-hybridized carbons (Fsp3) is 0.714. The van der Waals surface area contributed by atoms with Crippen LogP contribution in [-0.2, 0) is 39.1 Å². The summed E-state index contributed by atoms with van der Waals surface area (Å²) in [6.45, 7) is 8.75. The number of esters is 1. The Hall–Kier alpha value is -2.46. The molecule has 31 heavy (non-hydrogen) atoms. The predicted molar refractivity (Wildman–Crippen MR) is 114 cm³/mol. The number of hydrogen-bond acceptors (Lipinski definition) is 7. The number of aromatic nitrogens is 4. The van der Waals surface area contributed by atoms with Gasteiger partial charge in [-0.15, -0.1) is 0 Å². The molecule has 2 aromatic heterocycles. The van der Waals surface area contributed by atoms with Gasteiger partial charge in [-0.3, -0.25) is 18.7 Å². The van der Waals surface area contributed by atoms with Gasteiger partial charge >= 0.3 is 11.7 Å². The number of nitrogens with zero attached hydrogens (tertiary/aromatic N) is 4. The van der Waals surface area contributed by atoms with Gasteiger partial charge in [0.05, 0.1) is 32.0 Å². The van der Waals surface area contributed by atoms with Crippen LogP contribution in [0.15, 0.2) is 15.9 Å². The topological polar surface area (TPSA) is 107 Å². The molecule has 0 N–H and O–H groups in total. The minimum atomic E-state index is -0.664. The molecule has 2 aromatic rings. The van der Waals surface area contributed by atoms with Crippen LogP contribution in [0, 0.1) is 5.92 Å². The van der Waals surface area contributed by atoms with Gasteiger partial charge in [-0.1, -0.05) is 6.92 Å². The van der Waals surface area contributed by atoms with E-state index in [1.807, 2.05) is 20.8 Å². The van der Waals surface area contributed by atoms with Crippen LogP contribution in [0.5, 0.6) is 0 Å². The van der Waals surface area contributed by atoms with Gasteiger partial charge in [-0.25, -0.2) is 9.78 Å². The molecule has 0 aromatic carbocycles. The molecule has 172 valence electrons. The lowest BCUT2D eigenvalue weighted by atomic mass is 10.0. The number of aryl methyl sites for hydroxylation is 1. The molecule has 2 unspecified atom stereocenters. The first-order chi connectivity index (χ1) is 14.7. The maximum atomic E-state index is 13.2. The lowest BCUT2D eigenvalue weighted by Crippen LogP contribution is -2.40. The Kier molecular flexibility index (Phi) is 7.00. The summed E-state index contributed by atoms with van der Waals surface area (Å²) >= 11 is 0. The van der Waals surface area contributed by atoms with Crippen LogP contribution >= 0.6 is 0 Å². The molecule has 0 aliphatic carbocycles. The largest absolute Gasteiger partial charge is 0.466 e. The van der Waals surface area contributed by atoms with Crippen LogP contribution in [0.4, 0.5) is 0 Å². The Labute approximate surface area is 180 Å². The molecule has 2 atom stereocenters. The van der Waals surface area contributed by atoms with Crippen LogP contribution in [0.1, 0.15) is 47.0 Å². The maximum absolute atomic E-state index is 13.2. The summed E-state index contributed by atoms with van der Waals surface area (Å²) in [5.41, 5.74) is -0.123. The van der Waals surface area contributed by atoms with Gasteiger partial charge < -0.3 is 18.8 Å². The summed E-state index contributed by atoms with van der Waals surface area (Å²) in [6.07, 6.45) is 3.05. The van der Waals surface area contributed by atoms with E-state index < -0.39 is 17.0 Å². The summed E-state index contributed by atoms with van der Waals surface area (Å²) in [7, 11) is 1.60. The van der Waals surface area contributed by atoms with E-state index in [0.717, 1.165) is 0 Å². The molecule has 1 aliphatic rings. The highest BCUT2D eigenvalue weighted by molar-refractivity contribution is 5.72. The van der Waals surface area contributed by atoms with Crippen molar-refractivity contribution in [3.05, 3.63) is 27.2 Å². The van der Waals surface area contributed by atoms with Crippen molar-refractivity contribution in [3.63, 3.8) is 0 Å². The second-order valence-corrected chi connectivity index (χ2v) is 8.32. The molecule has 0 amide bonds. The highest BCUT2D eigenvalue weighted by atomic mass is 16.7. The Bertz CT molecular complexity index is 1050. The first-order valence-corrected chi connectivity index (χ1v) is 10.8. The second kappa shape index (κ2) is 9.35. The number of ether oxygens (including phenoxy) is 3. The predicted octanol–water partition coefficient (Wildman–Crippen LogP) is 1.42. The molecular weight excluding hydrogens is 404 g/mol. The zero-order valence-electron chi connectivity index (χ0n) is 18.9. The normalized spacial score (nSPS) is 19.1. The monoisotopic (exact) mass is 436 g/mol. The molecule has 10 nitrogen and oxygen atoms in total. The number of carbonyl (C=O) groups is 1. The van der Waals surface area contributed by atoms with E-state index in [-0.39, 0.29) is 24.5 Å². The van der Waals surface area contributed by atoms with E-state index in [0.29, 0.717) is 50.2 Å². The van der Waals surface area contributed by atoms with E-state index >= 15 is 0 Å². The summed E-state index contributed by atoms with van der Waals surface area (Å²) in [6, 6.07) is 0. The van der Waals surface area contributed by atoms with Crippen molar-refractivity contribution in [2.24, 2.45) is 13.0 Å². The Morgan fingerprint density at radius 3 is 2.71 bits per heavy atom. The summed E-state index contributed by atoms with van der Waals surface area (Å²) in [5, 5.41) is 0. The van der Waals surface area contributed by atoms with Crippen LogP contribution in [0.25, 0.3) is 11.2 Å². The van der Waals surface area contributed by atoms with Crippen LogP contribution in [0.2, 0.25) is 0 Å². The van der Waals surface area contributed by atoms with Crippen molar-refractivity contribution in [2.75, 3.05) is 13.2 Å². The summed E-state index contributed by atoms with van der Waals surface area (Å²) < 4.78 is 20.9. The third-order valence-corrected chi connectivity index (χ3v) is 5.62. The van der Waals surface area contributed by atoms with Crippen LogP contribution < -0.4 is 11.2 Å². The van der Waals surface area contributed by atoms with Crippen molar-refractivity contribution >= 4 is 17.1 Å². The summed E-state index contributed by atoms with van der Waals surface area (Å²) in [5.74, 6) is -1.14. The minimum Gasteiger partial charge on any atom is -0.466 e. The highest BCUT2D eigenvalue weighted by Gasteiger charge is 2.33. The fourth-order valence-electron chi connectivity index (χ4n) is 3.97. The average molecular weight is 437 g/mol. The highest BCUT2D eigenvalue weighted by Crippen LogP contribution is 2.23. The Balaban J connectivity index is 1.83. The van der Waals surface area contributed by atoms with E-state index in [1.54, 1.807) is 24.9 Å². The summed E-state index contributed by atoms with van der Waals surface area (Å²) in [4.78, 5) is 42.2. The molecular formula is C21H32N4O6. The Morgan fingerprint density at radius 2 is 2.10 bits per heavy atom. The van der Waals surface area contributed by atoms with E-state index in [4.69, 9.17) is 14.2 Å². The van der Waals surface area contributed by atoms with Gasteiger partial charge in [-0.2, -0.15) is 0 Å². The van der Waals surface area contributed by atoms with Gasteiger partial charge in [0.25, 0.3) is 5.56 Å². The van der Waals surface area contributed by atoms with Gasteiger partial charge in [0.15, 0.2) is 17.0 Å². The molecule has 1 fully saturated rings. The zero-order valence-corrected chi connectivity index (χ0v) is 18.9. The van der Waals surface area contributed by atoms with Gasteiger partial charge in [0, 0.05) is 13.6 Å². The fourth-order valence-corrected chi connectivity index (χ4v) is 3.97. The van der Waals surface area contributed by atoms with Crippen molar-refractivity contribution in [1.82, 2.24) is 18.7 Å². The first-order valence-electron chi connectivity index (χ1n) is 10.8. The lowest BCUT2D eigenvalue weighted by molar-refractivity contribution is -0.148. The van der Waals surface area contributed by atoms with E-state index in [9.17, 15) is 14.4 Å². The number of rotatable bonds is 9. The maximum Gasteiger partial charge on any atom is 0.332 e. The molecule has 10 heteroatoms. The average Bonchev–Trinajstić information content (AvgIpc) is 3.29. The van der Waals surface area contributed by atoms with Gasteiger partial charge in [-0.05, 0) is 40.0 Å². The van der Waals surface area contributed by atoms with Crippen molar-refractivity contribution < 1.29 is 19.0 Å². The first kappa shape index (κ1) is 23.2. The number of hydrogen-bond donors (Lipinski definition) is 0. The molecule has 1 aliphatic heterocycles. The number of imidazole rings is 1. The van der Waals surface area contributed by atoms with Crippen molar-refractivity contribution in [3.8, 4) is 0 Å². The van der Waals surface area contributed by atoms with E-state index in [1.165, 1.54) is 9.13 Å². The third-order valence-electron chi connectivity index (χ3n) is 5.62. The van der Waals surface area contributed by atoms with Gasteiger partial charge in [0.2, 0.25) is 0 Å². The number of fused-ring (bicyclic) bond motifs is 1. The van der Waals surface area contributed by atoms with Crippen LogP contribution in [-0.4, -0.2) is 49.8 Å². The standard InChI is InChI=1S/C21H32N4O6/c1-6-14(19(27)29-7-2)9-8-10-25-18(26)16-17(23(5)20(25)28)22-13-24(16)11-15-12-30-21(3,4)31-15/h13-15H,6-12H2,1-5H3. The molecule has 3 rings (SSSR count). The molecule has 3 heterocycles. The molecule has 0 spiro atoms. The van der Waals surface area contributed by atoms with Crippen LogP contribution in [0.3, 0.4) is 0 Å². The number of carbonyl (C=O) groups excluding carboxylic acids is 1. The molecule has 0 saturated carbocycles. The lowest BCUT2D eigenvalue weighted by Gasteiger charge is -2.17.